The molecule has 7 nitrogen and oxygen atoms in total. The Morgan fingerprint density at radius 3 is 0.639 bits per heavy atom. The highest BCUT2D eigenvalue weighted by Gasteiger charge is 2.15. The first-order valence-corrected chi connectivity index (χ1v) is 37.8. The average Bonchev–Trinajstić information content (AvgIpc) is 3.49. The third-order valence-electron chi connectivity index (χ3n) is 16.7. The minimum Gasteiger partial charge on any atom is -0.353 e. The van der Waals surface area contributed by atoms with Crippen LogP contribution in [-0.4, -0.2) is 64.8 Å². The van der Waals surface area contributed by atoms with Gasteiger partial charge in [-0.3, -0.25) is 0 Å². The summed E-state index contributed by atoms with van der Waals surface area (Å²) in [5.41, 5.74) is 0. The monoisotopic (exact) mass is 1180 g/mol. The molecule has 0 saturated heterocycles. The zero-order chi connectivity index (χ0) is 59.9. The van der Waals surface area contributed by atoms with Crippen molar-refractivity contribution in [1.29, 1.82) is 0 Å². The van der Waals surface area contributed by atoms with Crippen LogP contribution < -0.4 is 0 Å². The summed E-state index contributed by atoms with van der Waals surface area (Å²) in [4.78, 5) is 0. The summed E-state index contributed by atoms with van der Waals surface area (Å²) in [6, 6.07) is 0. The molecule has 2 atom stereocenters. The van der Waals surface area contributed by atoms with Gasteiger partial charge < -0.3 is 33.2 Å². The molecule has 0 aromatic carbocycles. The molecule has 2 unspecified atom stereocenters. The maximum absolute atomic E-state index is 6.63. The molecule has 0 aromatic rings. The SMILES string of the molecule is CCCCCCCCOC(CCCCCCCCCCCC=CC(OCCCCCCC)OC(C=CCCCCCCCCCCCC(OCCCCCCCC)OCCCCCCCC)OCCCCCCC)OCCCCCCCC. The predicted octanol–water partition coefficient (Wildman–Crippen LogP) is 25.5. The van der Waals surface area contributed by atoms with E-state index in [9.17, 15) is 0 Å². The van der Waals surface area contributed by atoms with Crippen LogP contribution in [0.1, 0.15) is 401 Å². The Kier molecular flexibility index (Phi) is 73.0. The molecule has 0 fully saturated rings. The van der Waals surface area contributed by atoms with Gasteiger partial charge in [0.05, 0.1) is 13.2 Å². The van der Waals surface area contributed by atoms with Crippen molar-refractivity contribution < 1.29 is 33.2 Å². The zero-order valence-corrected chi connectivity index (χ0v) is 57.3. The van der Waals surface area contributed by atoms with Gasteiger partial charge in [-0.05, 0) is 102 Å². The molecule has 0 radical (unpaired) electrons. The first-order valence-electron chi connectivity index (χ1n) is 37.8. The van der Waals surface area contributed by atoms with Crippen molar-refractivity contribution in [3.8, 4) is 0 Å². The van der Waals surface area contributed by atoms with Crippen molar-refractivity contribution in [1.82, 2.24) is 0 Å². The number of allylic oxidation sites excluding steroid dienone is 2. The molecular weight excluding hydrogens is 1020 g/mol. The Morgan fingerprint density at radius 1 is 0.205 bits per heavy atom. The fourth-order valence-corrected chi connectivity index (χ4v) is 11.1. The second-order valence-corrected chi connectivity index (χ2v) is 25.2. The van der Waals surface area contributed by atoms with Gasteiger partial charge in [0.1, 0.15) is 0 Å². The molecule has 0 rings (SSSR count). The number of hydrogen-bond donors (Lipinski definition) is 0. The number of unbranched alkanes of at least 4 members (excludes halogenated alkanes) is 46. The summed E-state index contributed by atoms with van der Waals surface area (Å²) in [5.74, 6) is 0. The third kappa shape index (κ3) is 67.0. The van der Waals surface area contributed by atoms with Crippen molar-refractivity contribution in [3.63, 3.8) is 0 Å². The van der Waals surface area contributed by atoms with Gasteiger partial charge >= 0.3 is 0 Å². The van der Waals surface area contributed by atoms with Gasteiger partial charge in [0, 0.05) is 26.4 Å². The largest absolute Gasteiger partial charge is 0.353 e. The Morgan fingerprint density at radius 2 is 0.398 bits per heavy atom. The van der Waals surface area contributed by atoms with Crippen LogP contribution in [-0.2, 0) is 33.2 Å². The molecule has 0 aliphatic heterocycles. The van der Waals surface area contributed by atoms with E-state index in [0.29, 0.717) is 0 Å². The molecule has 0 heterocycles. The van der Waals surface area contributed by atoms with E-state index in [-0.39, 0.29) is 25.2 Å². The van der Waals surface area contributed by atoms with Crippen LogP contribution in [0.2, 0.25) is 0 Å². The number of ether oxygens (including phenoxy) is 7. The second kappa shape index (κ2) is 73.7. The van der Waals surface area contributed by atoms with E-state index in [4.69, 9.17) is 33.2 Å². The van der Waals surface area contributed by atoms with Gasteiger partial charge in [0.25, 0.3) is 0 Å². The molecule has 83 heavy (non-hydrogen) atoms. The quantitative estimate of drug-likeness (QED) is 0.0342. The molecule has 7 heteroatoms. The van der Waals surface area contributed by atoms with Crippen LogP contribution in [0.4, 0.5) is 0 Å². The van der Waals surface area contributed by atoms with Gasteiger partial charge in [-0.25, -0.2) is 0 Å². The van der Waals surface area contributed by atoms with Crippen LogP contribution >= 0.6 is 0 Å². The topological polar surface area (TPSA) is 64.6 Å². The van der Waals surface area contributed by atoms with Crippen LogP contribution in [0.15, 0.2) is 24.3 Å². The van der Waals surface area contributed by atoms with Gasteiger partial charge in [0.15, 0.2) is 25.2 Å². The maximum atomic E-state index is 6.63. The Hall–Kier alpha value is -0.800. The van der Waals surface area contributed by atoms with Crippen LogP contribution in [0.5, 0.6) is 0 Å². The average molecular weight is 1180 g/mol. The van der Waals surface area contributed by atoms with E-state index in [0.717, 1.165) is 78.2 Å². The van der Waals surface area contributed by atoms with Crippen molar-refractivity contribution >= 4 is 0 Å². The highest BCUT2D eigenvalue weighted by atomic mass is 16.8. The number of hydrogen-bond acceptors (Lipinski definition) is 7. The lowest BCUT2D eigenvalue weighted by atomic mass is 10.1. The second-order valence-electron chi connectivity index (χ2n) is 25.2. The van der Waals surface area contributed by atoms with E-state index in [1.165, 1.54) is 321 Å². The lowest BCUT2D eigenvalue weighted by Gasteiger charge is -2.22. The molecule has 0 N–H and O–H groups in total. The molecular formula is C76H150O7. The molecule has 0 spiro atoms. The molecule has 0 aliphatic carbocycles. The van der Waals surface area contributed by atoms with Gasteiger partial charge in [0.2, 0.25) is 0 Å². The smallest absolute Gasteiger partial charge is 0.180 e. The lowest BCUT2D eigenvalue weighted by Crippen LogP contribution is -2.25. The van der Waals surface area contributed by atoms with E-state index >= 15 is 0 Å². The van der Waals surface area contributed by atoms with Gasteiger partial charge in [-0.15, -0.1) is 0 Å². The third-order valence-corrected chi connectivity index (χ3v) is 16.7. The summed E-state index contributed by atoms with van der Waals surface area (Å²) >= 11 is 0. The summed E-state index contributed by atoms with van der Waals surface area (Å²) in [5, 5.41) is 0. The predicted molar refractivity (Wildman–Crippen MR) is 363 cm³/mol. The standard InChI is InChI=1S/C76H150O7/c1-7-13-19-25-49-59-67-77-73(78-68-60-50-26-20-14-8-2)63-53-43-39-35-31-29-33-37-41-45-55-65-75(81-71-57-47-23-17-11-5)83-76(82-72-58-48-24-18-12-6)66-56-46-42-38-34-30-32-36-40-44-54-64-74(79-69-61-51-27-21-15-9-3)80-70-62-52-28-22-16-10-4/h55-56,65-66,73-76H,7-54,57-64,67-72H2,1-6H3. The van der Waals surface area contributed by atoms with E-state index in [1.807, 2.05) is 0 Å². The van der Waals surface area contributed by atoms with Gasteiger partial charge in [-0.2, -0.15) is 0 Å². The van der Waals surface area contributed by atoms with E-state index < -0.39 is 0 Å². The minimum atomic E-state index is -0.377. The van der Waals surface area contributed by atoms with Crippen LogP contribution in [0.3, 0.4) is 0 Å². The normalized spacial score (nSPS) is 12.9. The first kappa shape index (κ1) is 82.2. The Labute approximate surface area is 521 Å². The summed E-state index contributed by atoms with van der Waals surface area (Å²) < 4.78 is 44.7. The van der Waals surface area contributed by atoms with Crippen molar-refractivity contribution in [2.45, 2.75) is 426 Å². The molecule has 0 saturated carbocycles. The molecule has 0 aliphatic rings. The Balaban J connectivity index is 4.81. The molecule has 0 aromatic heterocycles. The summed E-state index contributed by atoms with van der Waals surface area (Å²) in [7, 11) is 0. The zero-order valence-electron chi connectivity index (χ0n) is 57.3. The van der Waals surface area contributed by atoms with Crippen molar-refractivity contribution in [2.24, 2.45) is 0 Å². The van der Waals surface area contributed by atoms with Crippen molar-refractivity contribution in [2.75, 3.05) is 39.6 Å². The highest BCUT2D eigenvalue weighted by molar-refractivity contribution is 4.90. The molecule has 0 bridgehead atoms. The highest BCUT2D eigenvalue weighted by Crippen LogP contribution is 2.20. The minimum absolute atomic E-state index is 0.00614. The number of rotatable bonds is 74. The first-order chi connectivity index (χ1) is 41.1. The van der Waals surface area contributed by atoms with Crippen LogP contribution in [0, 0.1) is 0 Å². The summed E-state index contributed by atoms with van der Waals surface area (Å²) in [6.07, 6.45) is 79.5. The maximum Gasteiger partial charge on any atom is 0.180 e. The summed E-state index contributed by atoms with van der Waals surface area (Å²) in [6.45, 7) is 18.6. The van der Waals surface area contributed by atoms with E-state index in [2.05, 4.69) is 65.8 Å². The molecule has 496 valence electrons. The lowest BCUT2D eigenvalue weighted by molar-refractivity contribution is -0.208. The Bertz CT molecular complexity index is 1090. The van der Waals surface area contributed by atoms with E-state index in [1.54, 1.807) is 0 Å². The van der Waals surface area contributed by atoms with Crippen LogP contribution in [0.25, 0.3) is 0 Å². The fourth-order valence-electron chi connectivity index (χ4n) is 11.1. The molecule has 0 amide bonds. The fraction of sp³-hybridized carbons (Fsp3) is 0.947. The van der Waals surface area contributed by atoms with Crippen molar-refractivity contribution in [3.05, 3.63) is 24.3 Å². The van der Waals surface area contributed by atoms with Gasteiger partial charge in [-0.1, -0.05) is 323 Å².